The number of hydrogen-bond donors (Lipinski definition) is 3. The topological polar surface area (TPSA) is 125 Å². The van der Waals surface area contributed by atoms with Gasteiger partial charge in [0.1, 0.15) is 0 Å². The molecule has 10 heteroatoms. The number of nitrogens with zero attached hydrogens (tertiary/aromatic N) is 1. The van der Waals surface area contributed by atoms with E-state index in [1.165, 1.54) is 35.5 Å². The third-order valence-corrected chi connectivity index (χ3v) is 7.02. The Morgan fingerprint density at radius 1 is 0.938 bits per heavy atom. The smallest absolute Gasteiger partial charge is 0.269 e. The fraction of sp³-hybridized carbons (Fsp3) is 0.318. The van der Waals surface area contributed by atoms with Gasteiger partial charge in [-0.15, -0.1) is 0 Å². The van der Waals surface area contributed by atoms with Crippen LogP contribution in [0.25, 0.3) is 0 Å². The summed E-state index contributed by atoms with van der Waals surface area (Å²) >= 11 is 0. The zero-order valence-electron chi connectivity index (χ0n) is 17.7. The Kier molecular flexibility index (Phi) is 7.60. The molecule has 2 aromatic rings. The molecule has 3 N–H and O–H groups in total. The van der Waals surface area contributed by atoms with Crippen molar-refractivity contribution in [3.8, 4) is 0 Å². The zero-order chi connectivity index (χ0) is 23.1. The molecule has 3 rings (SSSR count). The van der Waals surface area contributed by atoms with Crippen molar-refractivity contribution in [2.75, 3.05) is 13.1 Å². The van der Waals surface area contributed by atoms with Crippen LogP contribution in [0.3, 0.4) is 0 Å². The van der Waals surface area contributed by atoms with Crippen LogP contribution in [0.1, 0.15) is 48.1 Å². The van der Waals surface area contributed by atoms with Gasteiger partial charge in [0, 0.05) is 25.6 Å². The molecule has 2 aromatic carbocycles. The minimum Gasteiger partial charge on any atom is -0.349 e. The third-order valence-electron chi connectivity index (χ3n) is 5.10. The summed E-state index contributed by atoms with van der Waals surface area (Å²) in [6.45, 7) is 2.36. The van der Waals surface area contributed by atoms with Crippen LogP contribution in [0.5, 0.6) is 0 Å². The van der Waals surface area contributed by atoms with E-state index in [9.17, 15) is 22.8 Å². The summed E-state index contributed by atoms with van der Waals surface area (Å²) in [5.41, 5.74) is 5.60. The van der Waals surface area contributed by atoms with E-state index >= 15 is 0 Å². The van der Waals surface area contributed by atoms with Crippen LogP contribution in [0.15, 0.2) is 59.5 Å². The number of sulfonamides is 1. The van der Waals surface area contributed by atoms with E-state index in [0.717, 1.165) is 18.4 Å². The number of hydrogen-bond acceptors (Lipinski definition) is 5. The average Bonchev–Trinajstić information content (AvgIpc) is 3.33. The lowest BCUT2D eigenvalue weighted by Crippen LogP contribution is -2.43. The molecule has 9 nitrogen and oxygen atoms in total. The molecule has 0 saturated carbocycles. The van der Waals surface area contributed by atoms with Crippen molar-refractivity contribution in [1.82, 2.24) is 20.5 Å². The number of rotatable bonds is 7. The maximum atomic E-state index is 12.6. The molecule has 1 aliphatic heterocycles. The molecule has 0 radical (unpaired) electrons. The highest BCUT2D eigenvalue weighted by Gasteiger charge is 2.27. The lowest BCUT2D eigenvalue weighted by molar-refractivity contribution is -0.123. The van der Waals surface area contributed by atoms with Gasteiger partial charge in [-0.25, -0.2) is 8.42 Å². The number of carbonyl (C=O) groups is 3. The summed E-state index contributed by atoms with van der Waals surface area (Å²) in [4.78, 5) is 36.3. The van der Waals surface area contributed by atoms with E-state index in [1.807, 2.05) is 6.07 Å². The maximum Gasteiger partial charge on any atom is 0.269 e. The second-order valence-corrected chi connectivity index (χ2v) is 9.44. The standard InChI is InChI=1S/C22H26N4O5S/c1-16(27)23-20(17-7-3-2-4-8-17)15-21(28)24-25-22(29)18-9-11-19(12-10-18)32(30,31)26-13-5-6-14-26/h2-4,7-12,20H,5-6,13-15H2,1H3,(H,23,27)(H,24,28)(H,25,29)/t20-/m1/s1. The Balaban J connectivity index is 1.57. The van der Waals surface area contributed by atoms with E-state index in [2.05, 4.69) is 16.2 Å². The second-order valence-electron chi connectivity index (χ2n) is 7.51. The third kappa shape index (κ3) is 5.92. The molecule has 1 saturated heterocycles. The molecule has 0 aliphatic carbocycles. The van der Waals surface area contributed by atoms with Gasteiger partial charge in [0.05, 0.1) is 17.4 Å². The van der Waals surface area contributed by atoms with Crippen LogP contribution in [0.2, 0.25) is 0 Å². The molecule has 0 aromatic heterocycles. The number of hydrazine groups is 1. The van der Waals surface area contributed by atoms with E-state index in [0.29, 0.717) is 13.1 Å². The van der Waals surface area contributed by atoms with Gasteiger partial charge in [-0.3, -0.25) is 25.2 Å². The molecule has 1 fully saturated rings. The van der Waals surface area contributed by atoms with Crippen molar-refractivity contribution < 1.29 is 22.8 Å². The molecule has 1 atom stereocenters. The van der Waals surface area contributed by atoms with Crippen LogP contribution in [0.4, 0.5) is 0 Å². The van der Waals surface area contributed by atoms with Gasteiger partial charge in [-0.05, 0) is 42.7 Å². The van der Waals surface area contributed by atoms with E-state index in [-0.39, 0.29) is 22.8 Å². The molecule has 1 aliphatic rings. The van der Waals surface area contributed by atoms with Crippen molar-refractivity contribution >= 4 is 27.7 Å². The Labute approximate surface area is 187 Å². The van der Waals surface area contributed by atoms with Gasteiger partial charge in [-0.2, -0.15) is 4.31 Å². The normalized spacial score (nSPS) is 15.0. The molecule has 32 heavy (non-hydrogen) atoms. The largest absolute Gasteiger partial charge is 0.349 e. The minimum atomic E-state index is -3.56. The first kappa shape index (κ1) is 23.4. The van der Waals surface area contributed by atoms with Gasteiger partial charge in [0.25, 0.3) is 5.91 Å². The first-order valence-electron chi connectivity index (χ1n) is 10.3. The Hall–Kier alpha value is -3.24. The van der Waals surface area contributed by atoms with E-state index in [1.54, 1.807) is 24.3 Å². The summed E-state index contributed by atoms with van der Waals surface area (Å²) < 4.78 is 26.6. The summed E-state index contributed by atoms with van der Waals surface area (Å²) in [6.07, 6.45) is 1.61. The number of nitrogens with one attached hydrogen (secondary N) is 3. The van der Waals surface area contributed by atoms with Gasteiger partial charge in [-0.1, -0.05) is 30.3 Å². The highest BCUT2D eigenvalue weighted by Crippen LogP contribution is 2.21. The molecule has 0 unspecified atom stereocenters. The van der Waals surface area contributed by atoms with Crippen LogP contribution in [-0.4, -0.2) is 43.5 Å². The van der Waals surface area contributed by atoms with Crippen LogP contribution >= 0.6 is 0 Å². The molecule has 3 amide bonds. The second kappa shape index (κ2) is 10.4. The summed E-state index contributed by atoms with van der Waals surface area (Å²) in [5, 5.41) is 2.72. The fourth-order valence-corrected chi connectivity index (χ4v) is 4.99. The molecule has 1 heterocycles. The molecular formula is C22H26N4O5S. The lowest BCUT2D eigenvalue weighted by Gasteiger charge is -2.18. The van der Waals surface area contributed by atoms with Crippen LogP contribution < -0.4 is 16.2 Å². The quantitative estimate of drug-likeness (QED) is 0.543. The van der Waals surface area contributed by atoms with Crippen molar-refractivity contribution in [3.05, 3.63) is 65.7 Å². The summed E-state index contributed by atoms with van der Waals surface area (Å²) in [5.74, 6) is -1.35. The van der Waals surface area contributed by atoms with Crippen molar-refractivity contribution in [2.24, 2.45) is 0 Å². The lowest BCUT2D eigenvalue weighted by atomic mass is 10.0. The molecule has 170 valence electrons. The van der Waals surface area contributed by atoms with E-state index in [4.69, 9.17) is 0 Å². The number of amides is 3. The Bertz CT molecular complexity index is 1070. The van der Waals surface area contributed by atoms with Crippen molar-refractivity contribution in [2.45, 2.75) is 37.1 Å². The molecule has 0 bridgehead atoms. The highest BCUT2D eigenvalue weighted by molar-refractivity contribution is 7.89. The number of carbonyl (C=O) groups excluding carboxylic acids is 3. The molecular weight excluding hydrogens is 432 g/mol. The van der Waals surface area contributed by atoms with Gasteiger partial charge in [0.15, 0.2) is 0 Å². The van der Waals surface area contributed by atoms with Crippen molar-refractivity contribution in [1.29, 1.82) is 0 Å². The highest BCUT2D eigenvalue weighted by atomic mass is 32.2. The average molecular weight is 459 g/mol. The Morgan fingerprint density at radius 2 is 1.56 bits per heavy atom. The van der Waals surface area contributed by atoms with Crippen LogP contribution in [0, 0.1) is 0 Å². The first-order chi connectivity index (χ1) is 15.3. The summed E-state index contributed by atoms with van der Waals surface area (Å²) in [7, 11) is -3.56. The predicted octanol–water partition coefficient (Wildman–Crippen LogP) is 1.50. The summed E-state index contributed by atoms with van der Waals surface area (Å²) in [6, 6.07) is 14.0. The fourth-order valence-electron chi connectivity index (χ4n) is 3.47. The monoisotopic (exact) mass is 458 g/mol. The predicted molar refractivity (Wildman–Crippen MR) is 118 cm³/mol. The number of benzene rings is 2. The maximum absolute atomic E-state index is 12.6. The molecule has 0 spiro atoms. The minimum absolute atomic E-state index is 0.0725. The van der Waals surface area contributed by atoms with Gasteiger partial charge >= 0.3 is 0 Å². The van der Waals surface area contributed by atoms with Crippen molar-refractivity contribution in [3.63, 3.8) is 0 Å². The van der Waals surface area contributed by atoms with Gasteiger partial charge in [0.2, 0.25) is 21.8 Å². The van der Waals surface area contributed by atoms with Gasteiger partial charge < -0.3 is 5.32 Å². The SMILES string of the molecule is CC(=O)N[C@H](CC(=O)NNC(=O)c1ccc(S(=O)(=O)N2CCCC2)cc1)c1ccccc1. The zero-order valence-corrected chi connectivity index (χ0v) is 18.5. The van der Waals surface area contributed by atoms with E-state index < -0.39 is 27.9 Å². The Morgan fingerprint density at radius 3 is 2.16 bits per heavy atom. The first-order valence-corrected chi connectivity index (χ1v) is 11.7. The van der Waals surface area contributed by atoms with Crippen LogP contribution in [-0.2, 0) is 19.6 Å².